The minimum atomic E-state index is -0.892. The smallest absolute Gasteiger partial charge is 0.240 e. The summed E-state index contributed by atoms with van der Waals surface area (Å²) in [4.78, 5) is 29.3. The van der Waals surface area contributed by atoms with Gasteiger partial charge in [-0.25, -0.2) is 0 Å². The van der Waals surface area contributed by atoms with Gasteiger partial charge in [0.05, 0.1) is 12.0 Å². The second-order valence-electron chi connectivity index (χ2n) is 10.1. The van der Waals surface area contributed by atoms with Gasteiger partial charge in [0.15, 0.2) is 5.96 Å². The van der Waals surface area contributed by atoms with Crippen LogP contribution in [0.15, 0.2) is 115 Å². The molecule has 8 nitrogen and oxygen atoms in total. The van der Waals surface area contributed by atoms with Crippen molar-refractivity contribution >= 4 is 17.8 Å². The van der Waals surface area contributed by atoms with Crippen molar-refractivity contribution < 1.29 is 14.3 Å². The fraction of sp³-hybridized carbons (Fsp3) is 0.206. The predicted octanol–water partition coefficient (Wildman–Crippen LogP) is 5.32. The minimum Gasteiger partial charge on any atom is -0.457 e. The van der Waals surface area contributed by atoms with Crippen LogP contribution in [0.2, 0.25) is 0 Å². The maximum Gasteiger partial charge on any atom is 0.240 e. The van der Waals surface area contributed by atoms with Crippen molar-refractivity contribution in [3.05, 3.63) is 132 Å². The SMILES string of the molecule is C[C@H](c1ccc(Oc2ccccc2)cc1)N(C(=O)C(c1ccccc1)c1ccccc1)[C@H](CCCNC(=N)N)C(N)=O. The Hall–Kier alpha value is -5.11. The number of nitrogens with one attached hydrogen (secondary N) is 2. The number of nitrogens with two attached hydrogens (primary N) is 2. The Labute approximate surface area is 246 Å². The molecule has 0 aromatic heterocycles. The molecule has 0 unspecified atom stereocenters. The topological polar surface area (TPSA) is 135 Å². The third kappa shape index (κ3) is 7.75. The van der Waals surface area contributed by atoms with Gasteiger partial charge in [-0.05, 0) is 60.7 Å². The fourth-order valence-corrected chi connectivity index (χ4v) is 5.07. The molecule has 0 fully saturated rings. The van der Waals surface area contributed by atoms with E-state index in [9.17, 15) is 9.59 Å². The highest BCUT2D eigenvalue weighted by molar-refractivity contribution is 5.92. The summed E-state index contributed by atoms with van der Waals surface area (Å²) in [6, 6.07) is 34.7. The molecule has 4 aromatic rings. The van der Waals surface area contributed by atoms with Crippen molar-refractivity contribution in [1.29, 1.82) is 5.41 Å². The van der Waals surface area contributed by atoms with Gasteiger partial charge >= 0.3 is 0 Å². The summed E-state index contributed by atoms with van der Waals surface area (Å²) >= 11 is 0. The summed E-state index contributed by atoms with van der Waals surface area (Å²) < 4.78 is 5.96. The van der Waals surface area contributed by atoms with Gasteiger partial charge in [0.1, 0.15) is 17.5 Å². The molecule has 0 saturated carbocycles. The Morgan fingerprint density at radius 1 is 0.762 bits per heavy atom. The molecule has 0 radical (unpaired) electrons. The van der Waals surface area contributed by atoms with Crippen molar-refractivity contribution in [2.75, 3.05) is 6.54 Å². The van der Waals surface area contributed by atoms with Crippen molar-refractivity contribution in [2.24, 2.45) is 11.5 Å². The molecule has 0 bridgehead atoms. The number of para-hydroxylation sites is 1. The molecule has 8 heteroatoms. The van der Waals surface area contributed by atoms with Crippen LogP contribution in [0.4, 0.5) is 0 Å². The van der Waals surface area contributed by atoms with Gasteiger partial charge in [0.25, 0.3) is 0 Å². The lowest BCUT2D eigenvalue weighted by atomic mass is 9.88. The molecule has 6 N–H and O–H groups in total. The standard InChI is InChI=1S/C34H37N5O3/c1-24(25-19-21-29(22-20-25)42-28-16-9-4-10-17-28)39(30(32(35)40)18-11-23-38-34(36)37)33(41)31(26-12-5-2-6-13-26)27-14-7-3-8-15-27/h2-10,12-17,19-22,24,30-31H,11,18,23H2,1H3,(H2,35,40)(H4,36,37,38)/t24-,30-/m1/s1. The van der Waals surface area contributed by atoms with Gasteiger partial charge in [-0.1, -0.05) is 91.0 Å². The highest BCUT2D eigenvalue weighted by Crippen LogP contribution is 2.34. The van der Waals surface area contributed by atoms with E-state index in [0.29, 0.717) is 25.1 Å². The number of rotatable bonds is 13. The predicted molar refractivity (Wildman–Crippen MR) is 165 cm³/mol. The molecule has 2 amide bonds. The lowest BCUT2D eigenvalue weighted by molar-refractivity contribution is -0.142. The molecule has 0 spiro atoms. The number of nitrogens with zero attached hydrogens (tertiary/aromatic N) is 1. The van der Waals surface area contributed by atoms with E-state index in [0.717, 1.165) is 22.4 Å². The Morgan fingerprint density at radius 2 is 1.26 bits per heavy atom. The maximum absolute atomic E-state index is 14.7. The first kappa shape index (κ1) is 29.9. The van der Waals surface area contributed by atoms with Crippen LogP contribution in [-0.2, 0) is 9.59 Å². The lowest BCUT2D eigenvalue weighted by Gasteiger charge is -2.38. The second kappa shape index (κ2) is 14.5. The van der Waals surface area contributed by atoms with Crippen LogP contribution >= 0.6 is 0 Å². The number of hydrogen-bond donors (Lipinski definition) is 4. The highest BCUT2D eigenvalue weighted by Gasteiger charge is 2.37. The first-order valence-corrected chi connectivity index (χ1v) is 14.0. The van der Waals surface area contributed by atoms with Gasteiger partial charge in [0.2, 0.25) is 11.8 Å². The van der Waals surface area contributed by atoms with Gasteiger partial charge < -0.3 is 26.4 Å². The second-order valence-corrected chi connectivity index (χ2v) is 10.1. The zero-order chi connectivity index (χ0) is 29.9. The number of hydrogen-bond acceptors (Lipinski definition) is 4. The summed E-state index contributed by atoms with van der Waals surface area (Å²) in [7, 11) is 0. The number of primary amides is 1. The molecule has 4 rings (SSSR count). The zero-order valence-electron chi connectivity index (χ0n) is 23.6. The van der Waals surface area contributed by atoms with Gasteiger partial charge in [-0.2, -0.15) is 0 Å². The number of ether oxygens (including phenoxy) is 1. The number of carbonyl (C=O) groups excluding carboxylic acids is 2. The van der Waals surface area contributed by atoms with E-state index in [4.69, 9.17) is 21.6 Å². The average Bonchev–Trinajstić information content (AvgIpc) is 3.00. The van der Waals surface area contributed by atoms with Crippen LogP contribution in [0.1, 0.15) is 48.4 Å². The average molecular weight is 564 g/mol. The van der Waals surface area contributed by atoms with E-state index in [1.807, 2.05) is 122 Å². The third-order valence-corrected chi connectivity index (χ3v) is 7.16. The van der Waals surface area contributed by atoms with Gasteiger partial charge in [-0.3, -0.25) is 15.0 Å². The van der Waals surface area contributed by atoms with E-state index in [1.54, 1.807) is 4.90 Å². The van der Waals surface area contributed by atoms with Crippen LogP contribution in [0.25, 0.3) is 0 Å². The first-order valence-electron chi connectivity index (χ1n) is 14.0. The minimum absolute atomic E-state index is 0.155. The quantitative estimate of drug-likeness (QED) is 0.0993. The summed E-state index contributed by atoms with van der Waals surface area (Å²) in [6.07, 6.45) is 0.784. The normalized spacial score (nSPS) is 12.2. The molecule has 216 valence electrons. The van der Waals surface area contributed by atoms with Crippen LogP contribution in [0.5, 0.6) is 11.5 Å². The monoisotopic (exact) mass is 563 g/mol. The van der Waals surface area contributed by atoms with E-state index < -0.39 is 23.9 Å². The molecule has 0 aliphatic rings. The van der Waals surface area contributed by atoms with Crippen LogP contribution in [0.3, 0.4) is 0 Å². The molecule has 0 aliphatic carbocycles. The van der Waals surface area contributed by atoms with Crippen LogP contribution in [-0.4, -0.2) is 35.3 Å². The summed E-state index contributed by atoms with van der Waals surface area (Å²) in [6.45, 7) is 2.28. The summed E-state index contributed by atoms with van der Waals surface area (Å²) in [5.41, 5.74) is 13.9. The van der Waals surface area contributed by atoms with E-state index in [2.05, 4.69) is 5.32 Å². The number of guanidine groups is 1. The molecule has 2 atom stereocenters. The Kier molecular flexibility index (Phi) is 10.3. The molecular weight excluding hydrogens is 526 g/mol. The van der Waals surface area contributed by atoms with Gasteiger partial charge in [-0.15, -0.1) is 0 Å². The molecule has 42 heavy (non-hydrogen) atoms. The largest absolute Gasteiger partial charge is 0.457 e. The molecule has 0 heterocycles. The third-order valence-electron chi connectivity index (χ3n) is 7.16. The fourth-order valence-electron chi connectivity index (χ4n) is 5.07. The van der Waals surface area contributed by atoms with Crippen molar-refractivity contribution in [1.82, 2.24) is 10.2 Å². The Bertz CT molecular complexity index is 1410. The van der Waals surface area contributed by atoms with Crippen LogP contribution < -0.4 is 21.5 Å². The number of benzene rings is 4. The van der Waals surface area contributed by atoms with Gasteiger partial charge in [0, 0.05) is 6.54 Å². The van der Waals surface area contributed by atoms with E-state index in [-0.39, 0.29) is 11.9 Å². The van der Waals surface area contributed by atoms with E-state index >= 15 is 0 Å². The zero-order valence-corrected chi connectivity index (χ0v) is 23.6. The summed E-state index contributed by atoms with van der Waals surface area (Å²) in [5, 5.41) is 10.2. The van der Waals surface area contributed by atoms with Crippen molar-refractivity contribution in [3.63, 3.8) is 0 Å². The Morgan fingerprint density at radius 3 is 1.76 bits per heavy atom. The molecule has 0 aliphatic heterocycles. The molecule has 0 saturated heterocycles. The molecular formula is C34H37N5O3. The number of amides is 2. The number of carbonyl (C=O) groups is 2. The summed E-state index contributed by atoms with van der Waals surface area (Å²) in [5.74, 6) is -0.250. The van der Waals surface area contributed by atoms with Crippen molar-refractivity contribution in [3.8, 4) is 11.5 Å². The highest BCUT2D eigenvalue weighted by atomic mass is 16.5. The van der Waals surface area contributed by atoms with Crippen molar-refractivity contribution in [2.45, 2.75) is 37.8 Å². The van der Waals surface area contributed by atoms with Crippen LogP contribution in [0, 0.1) is 5.41 Å². The van der Waals surface area contributed by atoms with E-state index in [1.165, 1.54) is 0 Å². The lowest BCUT2D eigenvalue weighted by Crippen LogP contribution is -2.51. The first-order chi connectivity index (χ1) is 20.3. The maximum atomic E-state index is 14.7. The molecule has 4 aromatic carbocycles. The Balaban J connectivity index is 1.71.